The summed E-state index contributed by atoms with van der Waals surface area (Å²) >= 11 is 0. The normalized spacial score (nSPS) is 15.1. The number of hydrogen-bond donors (Lipinski definition) is 1. The third-order valence-electron chi connectivity index (χ3n) is 4.70. The second-order valence-electron chi connectivity index (χ2n) is 7.86. The number of benzene rings is 1. The lowest BCUT2D eigenvalue weighted by molar-refractivity contribution is -0.0452. The summed E-state index contributed by atoms with van der Waals surface area (Å²) in [4.78, 5) is 0. The Labute approximate surface area is 155 Å². The first-order chi connectivity index (χ1) is 11.7. The van der Waals surface area contributed by atoms with Crippen LogP contribution in [0.1, 0.15) is 32.8 Å². The second-order valence-corrected chi connectivity index (χ2v) is 14.4. The summed E-state index contributed by atoms with van der Waals surface area (Å²) in [6.07, 6.45) is 0.667. The fourth-order valence-electron chi connectivity index (χ4n) is 1.97. The van der Waals surface area contributed by atoms with E-state index in [0.29, 0.717) is 6.42 Å². The first-order valence-corrected chi connectivity index (χ1v) is 12.8. The Morgan fingerprint density at radius 1 is 1.12 bits per heavy atom. The first-order valence-electron chi connectivity index (χ1n) is 8.42. The topological polar surface area (TPSA) is 55.4 Å². The number of alkyl halides is 3. The van der Waals surface area contributed by atoms with Crippen LogP contribution in [0.2, 0.25) is 18.1 Å². The summed E-state index contributed by atoms with van der Waals surface area (Å²) in [5, 5.41) is -0.125. The Kier molecular flexibility index (Phi) is 7.48. The summed E-state index contributed by atoms with van der Waals surface area (Å²) in [7, 11) is -7.63. The molecule has 0 radical (unpaired) electrons. The molecule has 0 saturated heterocycles. The number of nitrogens with one attached hydrogen (secondary N) is 1. The highest BCUT2D eigenvalue weighted by molar-refractivity contribution is 7.90. The predicted molar refractivity (Wildman–Crippen MR) is 99.8 cm³/mol. The molecule has 0 aliphatic rings. The lowest BCUT2D eigenvalue weighted by atomic mass is 10.1. The second kappa shape index (κ2) is 8.41. The van der Waals surface area contributed by atoms with Gasteiger partial charge in [0.2, 0.25) is 0 Å². The fraction of sp³-hybridized carbons (Fsp3) is 0.647. The lowest BCUT2D eigenvalue weighted by Crippen LogP contribution is -2.48. The molecule has 0 bridgehead atoms. The highest BCUT2D eigenvalue weighted by atomic mass is 32.2. The van der Waals surface area contributed by atoms with Gasteiger partial charge in [0.25, 0.3) is 0 Å². The van der Waals surface area contributed by atoms with E-state index in [-0.39, 0.29) is 18.1 Å². The average Bonchev–Trinajstić information content (AvgIpc) is 2.48. The standard InChI is InChI=1S/C17H28F3NO3SSi/c1-16(2,3)26(4,5)24-13-15(21-25(22,23)17(18,19)20)12-11-14-9-7-6-8-10-14/h6-10,15,21H,11-13H2,1-5H3/t15-/m0/s1. The van der Waals surface area contributed by atoms with Crippen molar-refractivity contribution >= 4 is 18.3 Å². The maximum Gasteiger partial charge on any atom is 0.511 e. The Balaban J connectivity index is 2.88. The molecular formula is C17H28F3NO3SSi. The van der Waals surface area contributed by atoms with Gasteiger partial charge in [-0.1, -0.05) is 51.1 Å². The van der Waals surface area contributed by atoms with Crippen molar-refractivity contribution in [3.8, 4) is 0 Å². The maximum absolute atomic E-state index is 12.7. The Hall–Kier alpha value is -0.903. The molecule has 1 atom stereocenters. The average molecular weight is 412 g/mol. The largest absolute Gasteiger partial charge is 0.511 e. The minimum atomic E-state index is -5.42. The van der Waals surface area contributed by atoms with Gasteiger partial charge in [0.05, 0.1) is 6.61 Å². The molecule has 0 spiro atoms. The van der Waals surface area contributed by atoms with E-state index in [4.69, 9.17) is 4.43 Å². The molecule has 4 nitrogen and oxygen atoms in total. The van der Waals surface area contributed by atoms with Crippen LogP contribution in [-0.4, -0.2) is 34.9 Å². The third kappa shape index (κ3) is 6.68. The SMILES string of the molecule is CC(C)(C)[Si](C)(C)OC[C@H](CCc1ccccc1)NS(=O)(=O)C(F)(F)F. The molecule has 0 unspecified atom stereocenters. The van der Waals surface area contributed by atoms with Crippen molar-refractivity contribution in [3.63, 3.8) is 0 Å². The van der Waals surface area contributed by atoms with E-state index in [0.717, 1.165) is 5.56 Å². The van der Waals surface area contributed by atoms with Crippen molar-refractivity contribution in [1.82, 2.24) is 4.72 Å². The van der Waals surface area contributed by atoms with E-state index in [1.807, 2.05) is 64.2 Å². The van der Waals surface area contributed by atoms with E-state index in [2.05, 4.69) is 0 Å². The van der Waals surface area contributed by atoms with Crippen LogP contribution in [0.4, 0.5) is 13.2 Å². The van der Waals surface area contributed by atoms with Gasteiger partial charge >= 0.3 is 15.5 Å². The number of halogens is 3. The zero-order chi connectivity index (χ0) is 20.2. The Bertz CT molecular complexity index is 671. The van der Waals surface area contributed by atoms with E-state index in [1.165, 1.54) is 0 Å². The molecule has 1 aromatic rings. The summed E-state index contributed by atoms with van der Waals surface area (Å²) in [5.74, 6) is 0. The van der Waals surface area contributed by atoms with E-state index >= 15 is 0 Å². The van der Waals surface area contributed by atoms with Crippen molar-refractivity contribution in [2.24, 2.45) is 0 Å². The van der Waals surface area contributed by atoms with Gasteiger partial charge in [-0.2, -0.15) is 13.2 Å². The van der Waals surface area contributed by atoms with Gasteiger partial charge in [-0.3, -0.25) is 0 Å². The fourth-order valence-corrected chi connectivity index (χ4v) is 3.78. The van der Waals surface area contributed by atoms with Crippen LogP contribution >= 0.6 is 0 Å². The van der Waals surface area contributed by atoms with Crippen molar-refractivity contribution in [2.75, 3.05) is 6.61 Å². The Morgan fingerprint density at radius 2 is 1.65 bits per heavy atom. The van der Waals surface area contributed by atoms with Crippen molar-refractivity contribution in [2.45, 2.75) is 63.3 Å². The molecule has 0 amide bonds. The molecule has 9 heteroatoms. The quantitative estimate of drug-likeness (QED) is 0.643. The van der Waals surface area contributed by atoms with Gasteiger partial charge in [0, 0.05) is 6.04 Å². The van der Waals surface area contributed by atoms with Gasteiger partial charge in [-0.15, -0.1) is 0 Å². The van der Waals surface area contributed by atoms with Crippen LogP contribution in [0.3, 0.4) is 0 Å². The van der Waals surface area contributed by atoms with Crippen LogP contribution in [-0.2, 0) is 20.9 Å². The summed E-state index contributed by atoms with van der Waals surface area (Å²) < 4.78 is 69.0. The van der Waals surface area contributed by atoms with Gasteiger partial charge < -0.3 is 4.43 Å². The molecule has 0 fully saturated rings. The van der Waals surface area contributed by atoms with Crippen LogP contribution in [0, 0.1) is 0 Å². The zero-order valence-electron chi connectivity index (χ0n) is 15.9. The monoisotopic (exact) mass is 411 g/mol. The summed E-state index contributed by atoms with van der Waals surface area (Å²) in [6.45, 7) is 9.89. The van der Waals surface area contributed by atoms with Crippen LogP contribution in [0.25, 0.3) is 0 Å². The van der Waals surface area contributed by atoms with Gasteiger partial charge in [0.1, 0.15) is 0 Å². The molecule has 0 aliphatic heterocycles. The minimum Gasteiger partial charge on any atom is -0.415 e. The molecule has 26 heavy (non-hydrogen) atoms. The highest BCUT2D eigenvalue weighted by Gasteiger charge is 2.47. The molecule has 150 valence electrons. The van der Waals surface area contributed by atoms with Gasteiger partial charge in [0.15, 0.2) is 8.32 Å². The molecule has 1 rings (SSSR count). The predicted octanol–water partition coefficient (Wildman–Crippen LogP) is 4.45. The third-order valence-corrected chi connectivity index (χ3v) is 10.5. The lowest BCUT2D eigenvalue weighted by Gasteiger charge is -2.37. The number of hydrogen-bond acceptors (Lipinski definition) is 3. The summed E-state index contributed by atoms with van der Waals surface area (Å²) in [6, 6.07) is 8.25. The molecule has 1 aromatic carbocycles. The van der Waals surface area contributed by atoms with Crippen molar-refractivity contribution in [3.05, 3.63) is 35.9 Å². The molecule has 0 saturated carbocycles. The van der Waals surface area contributed by atoms with Gasteiger partial charge in [-0.05, 0) is 36.5 Å². The Morgan fingerprint density at radius 3 is 2.12 bits per heavy atom. The van der Waals surface area contributed by atoms with E-state index in [9.17, 15) is 21.6 Å². The number of rotatable bonds is 8. The molecule has 0 aromatic heterocycles. The smallest absolute Gasteiger partial charge is 0.415 e. The van der Waals surface area contributed by atoms with Gasteiger partial charge in [-0.25, -0.2) is 13.1 Å². The van der Waals surface area contributed by atoms with E-state index in [1.54, 1.807) is 4.72 Å². The number of aryl methyl sites for hydroxylation is 1. The number of sulfonamides is 1. The molecule has 0 aliphatic carbocycles. The van der Waals surface area contributed by atoms with Crippen molar-refractivity contribution in [1.29, 1.82) is 0 Å². The van der Waals surface area contributed by atoms with Crippen molar-refractivity contribution < 1.29 is 26.0 Å². The van der Waals surface area contributed by atoms with Crippen LogP contribution in [0.15, 0.2) is 30.3 Å². The van der Waals surface area contributed by atoms with E-state index < -0.39 is 29.9 Å². The molecular weight excluding hydrogens is 383 g/mol. The van der Waals surface area contributed by atoms with Crippen LogP contribution in [0.5, 0.6) is 0 Å². The first kappa shape index (κ1) is 23.1. The minimum absolute atomic E-state index is 0.0847. The highest BCUT2D eigenvalue weighted by Crippen LogP contribution is 2.36. The molecule has 1 N–H and O–H groups in total. The van der Waals surface area contributed by atoms with Crippen LogP contribution < -0.4 is 4.72 Å². The zero-order valence-corrected chi connectivity index (χ0v) is 17.7. The summed E-state index contributed by atoms with van der Waals surface area (Å²) in [5.41, 5.74) is -4.41. The maximum atomic E-state index is 12.7. The molecule has 0 heterocycles.